The van der Waals surface area contributed by atoms with Crippen molar-refractivity contribution in [2.24, 2.45) is 11.7 Å². The third-order valence-corrected chi connectivity index (χ3v) is 15.9. The van der Waals surface area contributed by atoms with E-state index in [1.54, 1.807) is 0 Å². The van der Waals surface area contributed by atoms with Crippen molar-refractivity contribution in [2.75, 3.05) is 13.7 Å². The number of hydrogen-bond donors (Lipinski definition) is 17. The van der Waals surface area contributed by atoms with Crippen LogP contribution in [0, 0.1) is 5.92 Å². The van der Waals surface area contributed by atoms with Crippen LogP contribution in [0.4, 0.5) is 0 Å². The summed E-state index contributed by atoms with van der Waals surface area (Å²) in [5.74, 6) is -14.4. The van der Waals surface area contributed by atoms with Crippen molar-refractivity contribution in [3.8, 4) is 51.4 Å². The second-order valence-corrected chi connectivity index (χ2v) is 22.8. The third-order valence-electron chi connectivity index (χ3n) is 15.3. The van der Waals surface area contributed by atoms with Crippen LogP contribution in [0.1, 0.15) is 84.8 Å². The van der Waals surface area contributed by atoms with E-state index >= 15 is 14.4 Å². The van der Waals surface area contributed by atoms with Gasteiger partial charge in [0.2, 0.25) is 53.4 Å². The van der Waals surface area contributed by atoms with E-state index in [2.05, 4.69) is 37.2 Å². The van der Waals surface area contributed by atoms with Crippen LogP contribution < -0.4 is 57.2 Å². The van der Waals surface area contributed by atoms with Gasteiger partial charge in [-0.05, 0) is 102 Å². The van der Waals surface area contributed by atoms with E-state index in [1.165, 1.54) is 31.3 Å². The summed E-state index contributed by atoms with van der Waals surface area (Å²) in [6.07, 6.45) is -14.7. The highest BCUT2D eigenvalue weighted by Gasteiger charge is 2.47. The molecule has 1 fully saturated rings. The minimum Gasteiger partial charge on any atom is -0.507 e. The third kappa shape index (κ3) is 13.6. The monoisotopic (exact) mass is 1290 g/mol. The van der Waals surface area contributed by atoms with Gasteiger partial charge in [-0.2, -0.15) is 0 Å². The van der Waals surface area contributed by atoms with Crippen LogP contribution in [0.3, 0.4) is 0 Å². The zero-order valence-corrected chi connectivity index (χ0v) is 49.1. The number of ether oxygens (including phenoxy) is 4. The maximum atomic E-state index is 15.7. The van der Waals surface area contributed by atoms with Crippen molar-refractivity contribution < 1.29 is 103 Å². The van der Waals surface area contributed by atoms with E-state index in [0.29, 0.717) is 0 Å². The Balaban J connectivity index is 1.32. The fourth-order valence-electron chi connectivity index (χ4n) is 10.7. The first-order chi connectivity index (χ1) is 42.7. The highest BCUT2D eigenvalue weighted by atomic mass is 35.5. The van der Waals surface area contributed by atoms with Crippen molar-refractivity contribution in [3.05, 3.63) is 123 Å². The quantitative estimate of drug-likeness (QED) is 0.0838. The topological polar surface area (TPSA) is 466 Å². The molecule has 0 spiro atoms. The number of carboxylic acids is 1. The number of carbonyl (C=O) groups is 8. The van der Waals surface area contributed by atoms with Gasteiger partial charge < -0.3 is 108 Å². The molecule has 18 N–H and O–H groups in total. The number of nitrogens with two attached hydrogens (primary N) is 1. The molecule has 6 aliphatic heterocycles. The van der Waals surface area contributed by atoms with Gasteiger partial charge in [-0.25, -0.2) is 4.79 Å². The van der Waals surface area contributed by atoms with E-state index in [9.17, 15) is 69.9 Å². The molecule has 31 heteroatoms. The standard InChI is InChI=1S/C59H62Cl2N8O21/c1-21(2)13-30(63-3)52(79)68-44-46(74)23-8-11-34(28(60)15-23)87-36-17-25-18-37(51(36)90-59-50(78)49(77)48(76)38(20-70)89-59)88-35-12-9-24(16-29(35)61)47(75)45-57(84)67-43(58(85)86)26-5-4-6-33(72)40(26)27-14-22(7-10-32(27)71)41(54(81)69-45)66-55(82)42(25)65-53(80)31(19-39(62)73)64-56(44)83/h4-12,14-18,21,30-31,38,41-50,59,63,70-72,74-78H,13,19-20H2,1-3H3,(H2,62,73)(H,64,83)(H,65,80)(H,66,82)(H,67,84)(H,68,79)(H,69,81)(H,85,86)/t30-,31+,38-,41-,42-,43+,44-,45+,46-,47-,48-,49+,50-,59+/m1/s1. The molecule has 11 bridgehead atoms. The highest BCUT2D eigenvalue weighted by molar-refractivity contribution is 6.32. The summed E-state index contributed by atoms with van der Waals surface area (Å²) in [6, 6.07) is 2.03. The number of carboxylic acid groups (broad SMARTS) is 1. The number of amides is 7. The molecule has 90 heavy (non-hydrogen) atoms. The lowest BCUT2D eigenvalue weighted by Crippen LogP contribution is -2.60. The largest absolute Gasteiger partial charge is 0.507 e. The number of aliphatic hydroxyl groups is 6. The Bertz CT molecular complexity index is 3670. The van der Waals surface area contributed by atoms with Gasteiger partial charge in [0, 0.05) is 11.1 Å². The molecule has 0 unspecified atom stereocenters. The number of aromatic hydroxyl groups is 2. The van der Waals surface area contributed by atoms with E-state index in [0.717, 1.165) is 60.7 Å². The lowest BCUT2D eigenvalue weighted by atomic mass is 9.90. The molecule has 0 radical (unpaired) electrons. The summed E-state index contributed by atoms with van der Waals surface area (Å²) >= 11 is 13.9. The molecule has 5 aromatic rings. The molecular weight excluding hydrogens is 1230 g/mol. The van der Waals surface area contributed by atoms with Crippen LogP contribution in [0.5, 0.6) is 40.2 Å². The summed E-state index contributed by atoms with van der Waals surface area (Å²) in [6.45, 7) is 2.71. The highest BCUT2D eigenvalue weighted by Crippen LogP contribution is 2.49. The maximum Gasteiger partial charge on any atom is 0.330 e. The second-order valence-electron chi connectivity index (χ2n) is 22.0. The molecule has 7 amide bonds. The number of likely N-dealkylation sites (N-methyl/N-ethyl adjacent to an activating group) is 1. The number of carbonyl (C=O) groups excluding carboxylic acids is 7. The van der Waals surface area contributed by atoms with Gasteiger partial charge in [0.1, 0.15) is 89.8 Å². The molecule has 29 nitrogen and oxygen atoms in total. The Morgan fingerprint density at radius 2 is 1.27 bits per heavy atom. The number of primary amides is 1. The molecule has 0 aliphatic carbocycles. The van der Waals surface area contributed by atoms with Gasteiger partial charge in [-0.3, -0.25) is 33.6 Å². The summed E-state index contributed by atoms with van der Waals surface area (Å²) in [4.78, 5) is 115. The Morgan fingerprint density at radius 3 is 1.86 bits per heavy atom. The smallest absolute Gasteiger partial charge is 0.330 e. The number of nitrogens with one attached hydrogen (secondary N) is 7. The van der Waals surface area contributed by atoms with Crippen molar-refractivity contribution in [2.45, 2.75) is 112 Å². The molecule has 0 aromatic heterocycles. The molecule has 5 aromatic carbocycles. The maximum absolute atomic E-state index is 15.7. The molecular formula is C59H62Cl2N8O21. The van der Waals surface area contributed by atoms with Crippen LogP contribution in [-0.2, 0) is 43.1 Å². The molecule has 1 saturated heterocycles. The normalized spacial score (nSPS) is 26.4. The van der Waals surface area contributed by atoms with Crippen LogP contribution in [0.25, 0.3) is 11.1 Å². The van der Waals surface area contributed by atoms with Crippen LogP contribution in [-0.4, -0.2) is 162 Å². The zero-order chi connectivity index (χ0) is 65.3. The lowest BCUT2D eigenvalue weighted by Gasteiger charge is -2.39. The van der Waals surface area contributed by atoms with Gasteiger partial charge in [0.05, 0.1) is 29.1 Å². The fourth-order valence-corrected chi connectivity index (χ4v) is 11.1. The number of fused-ring (bicyclic) bond motifs is 15. The first kappa shape index (κ1) is 65.6. The number of rotatable bonds is 11. The molecule has 6 heterocycles. The summed E-state index contributed by atoms with van der Waals surface area (Å²) in [5, 5.41) is 118. The number of aliphatic hydroxyl groups excluding tert-OH is 6. The first-order valence-corrected chi connectivity index (χ1v) is 28.6. The first-order valence-electron chi connectivity index (χ1n) is 27.8. The number of halogens is 2. The number of phenols is 2. The van der Waals surface area contributed by atoms with Gasteiger partial charge in [-0.1, -0.05) is 67.4 Å². The number of aliphatic carboxylic acids is 1. The predicted molar refractivity (Wildman–Crippen MR) is 311 cm³/mol. The molecule has 14 atom stereocenters. The van der Waals surface area contributed by atoms with Crippen molar-refractivity contribution in [3.63, 3.8) is 0 Å². The van der Waals surface area contributed by atoms with Gasteiger partial charge in [-0.15, -0.1) is 0 Å². The summed E-state index contributed by atoms with van der Waals surface area (Å²) in [7, 11) is 1.48. The van der Waals surface area contributed by atoms with Gasteiger partial charge in [0.15, 0.2) is 17.5 Å². The van der Waals surface area contributed by atoms with Crippen LogP contribution >= 0.6 is 23.2 Å². The van der Waals surface area contributed by atoms with Gasteiger partial charge >= 0.3 is 5.97 Å². The van der Waals surface area contributed by atoms with E-state index < -0.39 is 185 Å². The molecule has 0 saturated carbocycles. The lowest BCUT2D eigenvalue weighted by molar-refractivity contribution is -0.277. The van der Waals surface area contributed by atoms with Crippen molar-refractivity contribution in [1.82, 2.24) is 37.2 Å². The number of benzene rings is 5. The van der Waals surface area contributed by atoms with E-state index in [1.807, 2.05) is 13.8 Å². The van der Waals surface area contributed by atoms with E-state index in [4.69, 9.17) is 47.9 Å². The Labute approximate surface area is 520 Å². The minimum absolute atomic E-state index is 0.0744. The van der Waals surface area contributed by atoms with Crippen molar-refractivity contribution in [1.29, 1.82) is 0 Å². The Morgan fingerprint density at radius 1 is 0.667 bits per heavy atom. The van der Waals surface area contributed by atoms with Crippen LogP contribution in [0.2, 0.25) is 10.0 Å². The number of hydrogen-bond acceptors (Lipinski definition) is 21. The molecule has 478 valence electrons. The zero-order valence-electron chi connectivity index (χ0n) is 47.6. The van der Waals surface area contributed by atoms with Crippen LogP contribution in [0.15, 0.2) is 84.9 Å². The molecule has 11 rings (SSSR count). The molecule has 6 aliphatic rings. The summed E-state index contributed by atoms with van der Waals surface area (Å²) in [5.41, 5.74) is 3.53. The second kappa shape index (κ2) is 27.1. The predicted octanol–water partition coefficient (Wildman–Crippen LogP) is 0.163. The Hall–Kier alpha value is -8.88. The Kier molecular flexibility index (Phi) is 19.7. The van der Waals surface area contributed by atoms with Gasteiger partial charge in [0.25, 0.3) is 0 Å². The summed E-state index contributed by atoms with van der Waals surface area (Å²) < 4.78 is 24.9. The van der Waals surface area contributed by atoms with E-state index in [-0.39, 0.29) is 62.2 Å². The fraction of sp³-hybridized carbons (Fsp3) is 0.356. The minimum atomic E-state index is -2.28. The average Bonchev–Trinajstić information content (AvgIpc) is 0.842. The number of phenolic OH excluding ortho intramolecular Hbond substituents is 2. The average molecular weight is 1290 g/mol. The van der Waals surface area contributed by atoms with Crippen molar-refractivity contribution >= 4 is 70.5 Å². The SMILES string of the molecule is CN[C@H](CC(C)C)C(=O)N[C@H]1C(=O)N[C@@H](CC(N)=O)C(=O)N[C@H]2C(=O)N[C@H]3C(=O)N[C@H](C(=O)N[C@H](C(=O)O)c4cccc(O)c4-c4cc3ccc4O)[C@H](O)c3ccc(c(Cl)c3)Oc3cc2cc(c3O[C@@H]2O[C@H](CO)[C@@H](O)[C@H](O)[C@H]2O)Oc2ccc(cc2Cl)[C@H]1O.